The fourth-order valence-electron chi connectivity index (χ4n) is 2.26. The van der Waals surface area contributed by atoms with Gasteiger partial charge in [0.1, 0.15) is 0 Å². The molecule has 2 aromatic rings. The van der Waals surface area contributed by atoms with E-state index in [0.29, 0.717) is 0 Å². The van der Waals surface area contributed by atoms with Crippen LogP contribution in [0.4, 0.5) is 0 Å². The number of hydrogen-bond donors (Lipinski definition) is 0. The molecule has 0 heterocycles. The smallest absolute Gasteiger partial charge is 0.0994 e. The minimum absolute atomic E-state index is 0.833. The first-order chi connectivity index (χ1) is 8.36. The van der Waals surface area contributed by atoms with E-state index in [1.54, 1.807) is 0 Å². The zero-order chi connectivity index (χ0) is 12.1. The van der Waals surface area contributed by atoms with E-state index in [0.717, 1.165) is 12.0 Å². The Labute approximate surface area is 103 Å². The Morgan fingerprint density at radius 3 is 2.65 bits per heavy atom. The van der Waals surface area contributed by atoms with E-state index in [9.17, 15) is 5.26 Å². The molecule has 0 atom stereocenters. The predicted molar refractivity (Wildman–Crippen MR) is 71.9 cm³/mol. The van der Waals surface area contributed by atoms with Gasteiger partial charge in [0.15, 0.2) is 0 Å². The van der Waals surface area contributed by atoms with Crippen molar-refractivity contribution in [3.63, 3.8) is 0 Å². The van der Waals surface area contributed by atoms with Crippen molar-refractivity contribution >= 4 is 10.8 Å². The van der Waals surface area contributed by atoms with Gasteiger partial charge in [0.2, 0.25) is 0 Å². The summed E-state index contributed by atoms with van der Waals surface area (Å²) in [6, 6.07) is 14.6. The van der Waals surface area contributed by atoms with Crippen molar-refractivity contribution in [2.24, 2.45) is 0 Å². The largest absolute Gasteiger partial charge is 0.192 e. The van der Waals surface area contributed by atoms with Crippen molar-refractivity contribution in [2.75, 3.05) is 0 Å². The van der Waals surface area contributed by atoms with Gasteiger partial charge in [0.25, 0.3) is 0 Å². The molecule has 0 N–H and O–H groups in total. The average molecular weight is 223 g/mol. The van der Waals surface area contributed by atoms with Crippen LogP contribution in [0, 0.1) is 11.3 Å². The van der Waals surface area contributed by atoms with Crippen molar-refractivity contribution in [2.45, 2.75) is 32.6 Å². The molecule has 17 heavy (non-hydrogen) atoms. The lowest BCUT2D eigenvalue weighted by molar-refractivity contribution is 0.719. The van der Waals surface area contributed by atoms with Crippen molar-refractivity contribution in [3.05, 3.63) is 47.5 Å². The lowest BCUT2D eigenvalue weighted by Gasteiger charge is -2.08. The molecule has 0 radical (unpaired) electrons. The van der Waals surface area contributed by atoms with Gasteiger partial charge in [0.05, 0.1) is 11.6 Å². The van der Waals surface area contributed by atoms with Gasteiger partial charge in [-0.15, -0.1) is 0 Å². The fraction of sp³-hybridized carbons (Fsp3) is 0.312. The molecule has 0 unspecified atom stereocenters. The second-order valence-electron chi connectivity index (χ2n) is 4.38. The molecule has 0 aliphatic rings. The quantitative estimate of drug-likeness (QED) is 0.703. The maximum atomic E-state index is 9.18. The number of nitriles is 1. The third kappa shape index (κ3) is 2.47. The van der Waals surface area contributed by atoms with Crippen LogP contribution >= 0.6 is 0 Å². The molecule has 0 fully saturated rings. The Bertz CT molecular complexity index is 549. The van der Waals surface area contributed by atoms with Gasteiger partial charge in [-0.1, -0.05) is 50.1 Å². The minimum Gasteiger partial charge on any atom is -0.192 e. The highest BCUT2D eigenvalue weighted by Gasteiger charge is 2.06. The van der Waals surface area contributed by atoms with Crippen LogP contribution in [0.5, 0.6) is 0 Å². The van der Waals surface area contributed by atoms with E-state index in [4.69, 9.17) is 0 Å². The van der Waals surface area contributed by atoms with E-state index in [1.807, 2.05) is 24.3 Å². The Morgan fingerprint density at radius 2 is 1.88 bits per heavy atom. The standard InChI is InChI=1S/C16H17N/c1-2-3-4-8-16-14(12-17)11-10-13-7-5-6-9-15(13)16/h5-7,9-11H,2-4,8H2,1H3. The molecule has 0 saturated carbocycles. The van der Waals surface area contributed by atoms with Gasteiger partial charge in [0, 0.05) is 0 Å². The Morgan fingerprint density at radius 1 is 1.06 bits per heavy atom. The third-order valence-corrected chi connectivity index (χ3v) is 3.19. The maximum absolute atomic E-state index is 9.18. The Hall–Kier alpha value is -1.81. The lowest BCUT2D eigenvalue weighted by atomic mass is 9.95. The molecule has 0 aliphatic heterocycles. The summed E-state index contributed by atoms with van der Waals surface area (Å²) in [6.45, 7) is 2.20. The number of benzene rings is 2. The highest BCUT2D eigenvalue weighted by atomic mass is 14.2. The summed E-state index contributed by atoms with van der Waals surface area (Å²) in [6.07, 6.45) is 4.62. The van der Waals surface area contributed by atoms with Crippen molar-refractivity contribution < 1.29 is 0 Å². The number of hydrogen-bond acceptors (Lipinski definition) is 1. The molecule has 0 bridgehead atoms. The summed E-state index contributed by atoms with van der Waals surface area (Å²) in [5, 5.41) is 11.7. The van der Waals surface area contributed by atoms with Crippen molar-refractivity contribution in [3.8, 4) is 6.07 Å². The summed E-state index contributed by atoms with van der Waals surface area (Å²) in [4.78, 5) is 0. The number of unbranched alkanes of at least 4 members (excludes halogenated alkanes) is 2. The molecule has 1 nitrogen and oxygen atoms in total. The molecule has 86 valence electrons. The predicted octanol–water partition coefficient (Wildman–Crippen LogP) is 4.44. The third-order valence-electron chi connectivity index (χ3n) is 3.19. The van der Waals surface area contributed by atoms with Crippen LogP contribution in [0.3, 0.4) is 0 Å². The molecule has 0 aromatic heterocycles. The van der Waals surface area contributed by atoms with E-state index in [1.165, 1.54) is 35.6 Å². The van der Waals surface area contributed by atoms with Crippen molar-refractivity contribution in [1.29, 1.82) is 5.26 Å². The Balaban J connectivity index is 2.45. The zero-order valence-corrected chi connectivity index (χ0v) is 10.2. The molecule has 0 amide bonds. The van der Waals surface area contributed by atoms with Crippen LogP contribution in [0.1, 0.15) is 37.3 Å². The van der Waals surface area contributed by atoms with Crippen LogP contribution < -0.4 is 0 Å². The first kappa shape index (κ1) is 11.7. The molecule has 2 aromatic carbocycles. The summed E-state index contributed by atoms with van der Waals surface area (Å²) in [5.41, 5.74) is 2.05. The zero-order valence-electron chi connectivity index (χ0n) is 10.2. The fourth-order valence-corrected chi connectivity index (χ4v) is 2.26. The second-order valence-corrected chi connectivity index (χ2v) is 4.38. The summed E-state index contributed by atoms with van der Waals surface area (Å²) < 4.78 is 0. The van der Waals surface area contributed by atoms with Crippen LogP contribution in [-0.4, -0.2) is 0 Å². The Kier molecular flexibility index (Phi) is 3.77. The highest BCUT2D eigenvalue weighted by molar-refractivity contribution is 5.87. The molecule has 0 spiro atoms. The molecule has 2 rings (SSSR count). The van der Waals surface area contributed by atoms with Gasteiger partial charge >= 0.3 is 0 Å². The summed E-state index contributed by atoms with van der Waals surface area (Å²) in [5.74, 6) is 0. The van der Waals surface area contributed by atoms with Crippen molar-refractivity contribution in [1.82, 2.24) is 0 Å². The maximum Gasteiger partial charge on any atom is 0.0994 e. The molecular weight excluding hydrogens is 206 g/mol. The SMILES string of the molecule is CCCCCc1c(C#N)ccc2ccccc12. The number of nitrogens with zero attached hydrogens (tertiary/aromatic N) is 1. The summed E-state index contributed by atoms with van der Waals surface area (Å²) in [7, 11) is 0. The van der Waals surface area contributed by atoms with Crippen LogP contribution in [-0.2, 0) is 6.42 Å². The highest BCUT2D eigenvalue weighted by Crippen LogP contribution is 2.24. The van der Waals surface area contributed by atoms with E-state index >= 15 is 0 Å². The van der Waals surface area contributed by atoms with Gasteiger partial charge in [-0.25, -0.2) is 0 Å². The number of aryl methyl sites for hydroxylation is 1. The van der Waals surface area contributed by atoms with Gasteiger partial charge in [-0.05, 0) is 35.2 Å². The van der Waals surface area contributed by atoms with Gasteiger partial charge in [-0.3, -0.25) is 0 Å². The molecular formula is C16H17N. The first-order valence-electron chi connectivity index (χ1n) is 6.27. The molecule has 1 heteroatoms. The van der Waals surface area contributed by atoms with E-state index < -0.39 is 0 Å². The monoisotopic (exact) mass is 223 g/mol. The van der Waals surface area contributed by atoms with E-state index in [2.05, 4.69) is 25.1 Å². The number of fused-ring (bicyclic) bond motifs is 1. The van der Waals surface area contributed by atoms with Crippen LogP contribution in [0.2, 0.25) is 0 Å². The normalized spacial score (nSPS) is 10.4. The second kappa shape index (κ2) is 5.50. The van der Waals surface area contributed by atoms with Crippen LogP contribution in [0.25, 0.3) is 10.8 Å². The lowest BCUT2D eigenvalue weighted by Crippen LogP contribution is -1.93. The minimum atomic E-state index is 0.833. The molecule has 0 saturated heterocycles. The molecule has 0 aliphatic carbocycles. The first-order valence-corrected chi connectivity index (χ1v) is 6.27. The van der Waals surface area contributed by atoms with Gasteiger partial charge in [-0.2, -0.15) is 5.26 Å². The topological polar surface area (TPSA) is 23.8 Å². The average Bonchev–Trinajstić information content (AvgIpc) is 2.39. The van der Waals surface area contributed by atoms with Crippen LogP contribution in [0.15, 0.2) is 36.4 Å². The van der Waals surface area contributed by atoms with Gasteiger partial charge < -0.3 is 0 Å². The van der Waals surface area contributed by atoms with E-state index in [-0.39, 0.29) is 0 Å². The number of rotatable bonds is 4. The summed E-state index contributed by atoms with van der Waals surface area (Å²) >= 11 is 0.